The van der Waals surface area contributed by atoms with E-state index in [-0.39, 0.29) is 29.9 Å². The van der Waals surface area contributed by atoms with Crippen LogP contribution >= 0.6 is 24.0 Å². The maximum atomic E-state index is 11.4. The van der Waals surface area contributed by atoms with Crippen LogP contribution in [0.2, 0.25) is 0 Å². The molecule has 116 valence electrons. The Bertz CT molecular complexity index is 329. The fourth-order valence-corrected chi connectivity index (χ4v) is 2.90. The zero-order chi connectivity index (χ0) is 13.5. The summed E-state index contributed by atoms with van der Waals surface area (Å²) in [5.74, 6) is 0.858. The molecule has 0 radical (unpaired) electrons. The van der Waals surface area contributed by atoms with Crippen LogP contribution in [0.3, 0.4) is 0 Å². The lowest BCUT2D eigenvalue weighted by Crippen LogP contribution is -2.41. The Hall–Kier alpha value is -0.530. The predicted molar refractivity (Wildman–Crippen MR) is 92.3 cm³/mol. The van der Waals surface area contributed by atoms with Crippen molar-refractivity contribution in [3.8, 4) is 0 Å². The maximum absolute atomic E-state index is 11.4. The molecule has 20 heavy (non-hydrogen) atoms. The quantitative estimate of drug-likeness (QED) is 0.324. The van der Waals surface area contributed by atoms with Gasteiger partial charge in [-0.3, -0.25) is 9.79 Å². The number of hydrogen-bond donors (Lipinski definition) is 2. The van der Waals surface area contributed by atoms with Crippen molar-refractivity contribution in [2.75, 3.05) is 19.6 Å². The average Bonchev–Trinajstić information content (AvgIpc) is 2.81. The van der Waals surface area contributed by atoms with E-state index in [2.05, 4.69) is 10.3 Å². The van der Waals surface area contributed by atoms with Crippen LogP contribution in [0.1, 0.15) is 51.4 Å². The van der Waals surface area contributed by atoms with Gasteiger partial charge in [-0.2, -0.15) is 0 Å². The van der Waals surface area contributed by atoms with Crippen molar-refractivity contribution in [3.63, 3.8) is 0 Å². The first-order chi connectivity index (χ1) is 9.25. The van der Waals surface area contributed by atoms with Crippen LogP contribution in [-0.4, -0.2) is 42.4 Å². The molecule has 1 aliphatic carbocycles. The number of likely N-dealkylation sites (tertiary alicyclic amines) is 1. The van der Waals surface area contributed by atoms with E-state index in [0.29, 0.717) is 25.0 Å². The Morgan fingerprint density at radius 2 is 2.05 bits per heavy atom. The molecular formula is C14H27IN4O. The summed E-state index contributed by atoms with van der Waals surface area (Å²) >= 11 is 0. The van der Waals surface area contributed by atoms with Crippen molar-refractivity contribution >= 4 is 35.8 Å². The summed E-state index contributed by atoms with van der Waals surface area (Å²) in [6.45, 7) is 2.44. The largest absolute Gasteiger partial charge is 0.370 e. The molecular weight excluding hydrogens is 367 g/mol. The van der Waals surface area contributed by atoms with Crippen molar-refractivity contribution in [1.82, 2.24) is 10.2 Å². The number of carbonyl (C=O) groups is 1. The Morgan fingerprint density at radius 3 is 2.70 bits per heavy atom. The fourth-order valence-electron chi connectivity index (χ4n) is 2.90. The van der Waals surface area contributed by atoms with Crippen LogP contribution in [0.5, 0.6) is 0 Å². The fraction of sp³-hybridized carbons (Fsp3) is 0.857. The third-order valence-corrected chi connectivity index (χ3v) is 4.00. The summed E-state index contributed by atoms with van der Waals surface area (Å²) in [6, 6.07) is 0.512. The Balaban J connectivity index is 0.00000200. The van der Waals surface area contributed by atoms with Gasteiger partial charge in [0.05, 0.1) is 0 Å². The van der Waals surface area contributed by atoms with E-state index in [4.69, 9.17) is 5.73 Å². The van der Waals surface area contributed by atoms with Crippen LogP contribution in [0.4, 0.5) is 0 Å². The molecule has 2 rings (SSSR count). The molecule has 0 aromatic rings. The summed E-state index contributed by atoms with van der Waals surface area (Å²) in [4.78, 5) is 17.7. The standard InChI is InChI=1S/C14H26N4O.HI/c15-14(17-12-6-2-1-3-7-12)16-9-5-11-18-10-4-8-13(18)19;/h12H,1-11H2,(H3,15,16,17);1H. The molecule has 0 unspecified atom stereocenters. The maximum Gasteiger partial charge on any atom is 0.222 e. The Kier molecular flexibility index (Phi) is 8.25. The summed E-state index contributed by atoms with van der Waals surface area (Å²) < 4.78 is 0. The molecule has 0 spiro atoms. The van der Waals surface area contributed by atoms with E-state index in [1.165, 1.54) is 32.1 Å². The first-order valence-electron chi connectivity index (χ1n) is 7.60. The SMILES string of the molecule is I.NC(=NCCCN1CCCC1=O)NC1CCCCC1. The molecule has 0 aromatic heterocycles. The van der Waals surface area contributed by atoms with Crippen LogP contribution in [-0.2, 0) is 4.79 Å². The zero-order valence-electron chi connectivity index (χ0n) is 12.1. The van der Waals surface area contributed by atoms with Gasteiger partial charge in [-0.25, -0.2) is 0 Å². The number of hydrogen-bond acceptors (Lipinski definition) is 2. The molecule has 6 heteroatoms. The van der Waals surface area contributed by atoms with Crippen molar-refractivity contribution in [3.05, 3.63) is 0 Å². The number of nitrogens with two attached hydrogens (primary N) is 1. The highest BCUT2D eigenvalue weighted by Gasteiger charge is 2.18. The summed E-state index contributed by atoms with van der Waals surface area (Å²) in [5.41, 5.74) is 5.88. The smallest absolute Gasteiger partial charge is 0.222 e. The van der Waals surface area contributed by atoms with Crippen molar-refractivity contribution < 1.29 is 4.79 Å². The van der Waals surface area contributed by atoms with Crippen molar-refractivity contribution in [1.29, 1.82) is 0 Å². The van der Waals surface area contributed by atoms with Gasteiger partial charge in [0, 0.05) is 32.1 Å². The molecule has 1 saturated heterocycles. The predicted octanol–water partition coefficient (Wildman–Crippen LogP) is 1.85. The van der Waals surface area contributed by atoms with Crippen molar-refractivity contribution in [2.45, 2.75) is 57.4 Å². The lowest BCUT2D eigenvalue weighted by Gasteiger charge is -2.23. The number of aliphatic imine (C=N–C) groups is 1. The summed E-state index contributed by atoms with van der Waals surface area (Å²) in [5, 5.41) is 3.30. The number of rotatable bonds is 5. The molecule has 1 saturated carbocycles. The minimum Gasteiger partial charge on any atom is -0.370 e. The highest BCUT2D eigenvalue weighted by molar-refractivity contribution is 14.0. The lowest BCUT2D eigenvalue weighted by molar-refractivity contribution is -0.127. The second-order valence-corrected chi connectivity index (χ2v) is 5.58. The van der Waals surface area contributed by atoms with E-state index >= 15 is 0 Å². The van der Waals surface area contributed by atoms with Gasteiger partial charge in [0.2, 0.25) is 5.91 Å². The molecule has 0 bridgehead atoms. The van der Waals surface area contributed by atoms with Gasteiger partial charge in [-0.1, -0.05) is 19.3 Å². The molecule has 3 N–H and O–H groups in total. The number of guanidine groups is 1. The topological polar surface area (TPSA) is 70.7 Å². The van der Waals surface area contributed by atoms with Crippen LogP contribution in [0.25, 0.3) is 0 Å². The summed E-state index contributed by atoms with van der Waals surface area (Å²) in [7, 11) is 0. The van der Waals surface area contributed by atoms with Gasteiger partial charge in [-0.05, 0) is 25.7 Å². The monoisotopic (exact) mass is 394 g/mol. The summed E-state index contributed by atoms with van der Waals surface area (Å²) in [6.07, 6.45) is 8.97. The molecule has 2 fully saturated rings. The highest BCUT2D eigenvalue weighted by Crippen LogP contribution is 2.17. The van der Waals surface area contributed by atoms with E-state index in [1.807, 2.05) is 4.90 Å². The second-order valence-electron chi connectivity index (χ2n) is 5.58. The molecule has 0 atom stereocenters. The van der Waals surface area contributed by atoms with Crippen LogP contribution < -0.4 is 11.1 Å². The number of nitrogens with zero attached hydrogens (tertiary/aromatic N) is 2. The molecule has 1 amide bonds. The Morgan fingerprint density at radius 1 is 1.30 bits per heavy atom. The molecule has 1 aliphatic heterocycles. The van der Waals surface area contributed by atoms with Crippen LogP contribution in [0.15, 0.2) is 4.99 Å². The van der Waals surface area contributed by atoms with Gasteiger partial charge in [0.1, 0.15) is 0 Å². The number of carbonyl (C=O) groups excluding carboxylic acids is 1. The van der Waals surface area contributed by atoms with E-state index in [1.54, 1.807) is 0 Å². The normalized spacial score (nSPS) is 20.9. The molecule has 1 heterocycles. The van der Waals surface area contributed by atoms with Gasteiger partial charge < -0.3 is 16.0 Å². The van der Waals surface area contributed by atoms with Crippen LogP contribution in [0, 0.1) is 0 Å². The van der Waals surface area contributed by atoms with E-state index in [9.17, 15) is 4.79 Å². The van der Waals surface area contributed by atoms with Gasteiger partial charge >= 0.3 is 0 Å². The van der Waals surface area contributed by atoms with E-state index in [0.717, 1.165) is 25.9 Å². The van der Waals surface area contributed by atoms with Crippen molar-refractivity contribution in [2.24, 2.45) is 10.7 Å². The number of nitrogens with one attached hydrogen (secondary N) is 1. The minimum atomic E-state index is 0. The number of amides is 1. The van der Waals surface area contributed by atoms with Gasteiger partial charge in [0.15, 0.2) is 5.96 Å². The minimum absolute atomic E-state index is 0. The third kappa shape index (κ3) is 5.85. The van der Waals surface area contributed by atoms with Gasteiger partial charge in [0.25, 0.3) is 0 Å². The lowest BCUT2D eigenvalue weighted by atomic mass is 9.96. The van der Waals surface area contributed by atoms with E-state index < -0.39 is 0 Å². The number of halogens is 1. The Labute approximate surface area is 138 Å². The highest BCUT2D eigenvalue weighted by atomic mass is 127. The second kappa shape index (κ2) is 9.41. The first-order valence-corrected chi connectivity index (χ1v) is 7.60. The zero-order valence-corrected chi connectivity index (χ0v) is 14.5. The third-order valence-electron chi connectivity index (χ3n) is 4.00. The molecule has 0 aromatic carbocycles. The van der Waals surface area contributed by atoms with Gasteiger partial charge in [-0.15, -0.1) is 24.0 Å². The first kappa shape index (κ1) is 17.5. The molecule has 2 aliphatic rings. The average molecular weight is 394 g/mol. The molecule has 5 nitrogen and oxygen atoms in total.